The normalized spacial score (nSPS) is 18.7. The van der Waals surface area contributed by atoms with Crippen LogP contribution < -0.4 is 10.6 Å². The Morgan fingerprint density at radius 2 is 2.05 bits per heavy atom. The summed E-state index contributed by atoms with van der Waals surface area (Å²) < 4.78 is 0. The van der Waals surface area contributed by atoms with E-state index in [1.807, 2.05) is 6.92 Å². The summed E-state index contributed by atoms with van der Waals surface area (Å²) >= 11 is 6.49. The Morgan fingerprint density at radius 3 is 2.57 bits per heavy atom. The number of nitrogens with two attached hydrogens (primary N) is 1. The van der Waals surface area contributed by atoms with E-state index >= 15 is 0 Å². The van der Waals surface area contributed by atoms with E-state index in [1.165, 1.54) is 31.5 Å². The number of piperidine rings is 1. The Kier molecular flexibility index (Phi) is 5.91. The number of rotatable bonds is 5. The highest BCUT2D eigenvalue weighted by atomic mass is 35.5. The van der Waals surface area contributed by atoms with Crippen molar-refractivity contribution in [1.29, 1.82) is 0 Å². The second kappa shape index (κ2) is 7.48. The summed E-state index contributed by atoms with van der Waals surface area (Å²) in [6, 6.07) is 7.12. The fraction of sp³-hybridized carbons (Fsp3) is 0.647. The summed E-state index contributed by atoms with van der Waals surface area (Å²) in [4.78, 5) is 4.86. The molecule has 1 atom stereocenters. The van der Waals surface area contributed by atoms with Gasteiger partial charge in [-0.05, 0) is 50.4 Å². The molecule has 0 amide bonds. The van der Waals surface area contributed by atoms with E-state index in [9.17, 15) is 0 Å². The van der Waals surface area contributed by atoms with Crippen molar-refractivity contribution >= 4 is 17.3 Å². The van der Waals surface area contributed by atoms with E-state index < -0.39 is 0 Å². The van der Waals surface area contributed by atoms with Gasteiger partial charge in [-0.2, -0.15) is 0 Å². The van der Waals surface area contributed by atoms with Gasteiger partial charge in [0, 0.05) is 32.2 Å². The molecule has 3 nitrogen and oxygen atoms in total. The van der Waals surface area contributed by atoms with E-state index in [2.05, 4.69) is 42.0 Å². The average Bonchev–Trinajstić information content (AvgIpc) is 2.46. The van der Waals surface area contributed by atoms with Crippen molar-refractivity contribution < 1.29 is 0 Å². The molecule has 118 valence electrons. The minimum atomic E-state index is 0.169. The second-order valence-corrected chi connectivity index (χ2v) is 6.65. The third kappa shape index (κ3) is 4.35. The molecule has 1 unspecified atom stereocenters. The van der Waals surface area contributed by atoms with Crippen LogP contribution in [0.3, 0.4) is 0 Å². The Hall–Kier alpha value is -0.770. The first-order valence-electron chi connectivity index (χ1n) is 8.00. The van der Waals surface area contributed by atoms with Gasteiger partial charge in [0.25, 0.3) is 0 Å². The third-order valence-corrected chi connectivity index (χ3v) is 4.80. The Labute approximate surface area is 134 Å². The number of likely N-dealkylation sites (tertiary alicyclic amines) is 1. The monoisotopic (exact) mass is 309 g/mol. The zero-order valence-electron chi connectivity index (χ0n) is 13.5. The van der Waals surface area contributed by atoms with Crippen molar-refractivity contribution in [3.05, 3.63) is 28.8 Å². The summed E-state index contributed by atoms with van der Waals surface area (Å²) in [5.41, 5.74) is 8.21. The van der Waals surface area contributed by atoms with Gasteiger partial charge in [-0.3, -0.25) is 0 Å². The smallest absolute Gasteiger partial charge is 0.0642 e. The largest absolute Gasteiger partial charge is 0.370 e. The van der Waals surface area contributed by atoms with Crippen LogP contribution >= 0.6 is 11.6 Å². The topological polar surface area (TPSA) is 32.5 Å². The lowest BCUT2D eigenvalue weighted by Gasteiger charge is -2.37. The minimum Gasteiger partial charge on any atom is -0.370 e. The van der Waals surface area contributed by atoms with Crippen LogP contribution in [0.2, 0.25) is 5.02 Å². The van der Waals surface area contributed by atoms with E-state index in [4.69, 9.17) is 17.3 Å². The standard InChI is InChI=1S/C17H28ClN3/c1-4-21-9-7-15(8-10-21)20(3)17-6-5-14(11-13(2)19)12-16(17)18/h5-6,12-13,15H,4,7-11,19H2,1-3H3. The Bertz CT molecular complexity index is 453. The van der Waals surface area contributed by atoms with E-state index in [-0.39, 0.29) is 6.04 Å². The summed E-state index contributed by atoms with van der Waals surface area (Å²) in [5.74, 6) is 0. The van der Waals surface area contributed by atoms with Gasteiger partial charge >= 0.3 is 0 Å². The van der Waals surface area contributed by atoms with Crippen LogP contribution in [0.4, 0.5) is 5.69 Å². The lowest BCUT2D eigenvalue weighted by atomic mass is 10.0. The van der Waals surface area contributed by atoms with Crippen molar-refractivity contribution in [2.75, 3.05) is 31.6 Å². The molecule has 0 bridgehead atoms. The summed E-state index contributed by atoms with van der Waals surface area (Å²) in [6.07, 6.45) is 3.29. The van der Waals surface area contributed by atoms with Gasteiger partial charge < -0.3 is 15.5 Å². The van der Waals surface area contributed by atoms with Gasteiger partial charge in [0.15, 0.2) is 0 Å². The molecule has 1 aromatic carbocycles. The van der Waals surface area contributed by atoms with Crippen LogP contribution in [0.5, 0.6) is 0 Å². The Morgan fingerprint density at radius 1 is 1.38 bits per heavy atom. The zero-order valence-corrected chi connectivity index (χ0v) is 14.2. The first-order chi connectivity index (χ1) is 10.0. The van der Waals surface area contributed by atoms with Crippen molar-refractivity contribution in [2.45, 2.75) is 45.2 Å². The zero-order chi connectivity index (χ0) is 15.4. The maximum Gasteiger partial charge on any atom is 0.0642 e. The molecular formula is C17H28ClN3. The van der Waals surface area contributed by atoms with Crippen molar-refractivity contribution in [2.24, 2.45) is 5.73 Å². The van der Waals surface area contributed by atoms with E-state index in [0.717, 1.165) is 23.7 Å². The van der Waals surface area contributed by atoms with Gasteiger partial charge in [0.1, 0.15) is 0 Å². The molecule has 0 aromatic heterocycles. The molecule has 0 spiro atoms. The minimum absolute atomic E-state index is 0.169. The van der Waals surface area contributed by atoms with Crippen molar-refractivity contribution in [3.8, 4) is 0 Å². The Balaban J connectivity index is 2.04. The SMILES string of the molecule is CCN1CCC(N(C)c2ccc(CC(C)N)cc2Cl)CC1. The molecule has 1 fully saturated rings. The van der Waals surface area contributed by atoms with Crippen LogP contribution in [-0.4, -0.2) is 43.7 Å². The predicted octanol–water partition coefficient (Wildman–Crippen LogP) is 3.15. The summed E-state index contributed by atoms with van der Waals surface area (Å²) in [7, 11) is 2.17. The second-order valence-electron chi connectivity index (χ2n) is 6.24. The molecule has 1 aliphatic heterocycles. The number of hydrogen-bond acceptors (Lipinski definition) is 3. The van der Waals surface area contributed by atoms with Crippen LogP contribution in [0.25, 0.3) is 0 Å². The average molecular weight is 310 g/mol. The number of benzene rings is 1. The molecule has 1 aliphatic rings. The first-order valence-corrected chi connectivity index (χ1v) is 8.38. The van der Waals surface area contributed by atoms with Crippen LogP contribution in [0.1, 0.15) is 32.3 Å². The molecule has 0 radical (unpaired) electrons. The van der Waals surface area contributed by atoms with Crippen LogP contribution in [0, 0.1) is 0 Å². The molecule has 0 saturated carbocycles. The lowest BCUT2D eigenvalue weighted by molar-refractivity contribution is 0.221. The fourth-order valence-electron chi connectivity index (χ4n) is 3.15. The van der Waals surface area contributed by atoms with Gasteiger partial charge in [0.2, 0.25) is 0 Å². The van der Waals surface area contributed by atoms with Crippen molar-refractivity contribution in [1.82, 2.24) is 4.90 Å². The lowest BCUT2D eigenvalue weighted by Crippen LogP contribution is -2.43. The summed E-state index contributed by atoms with van der Waals surface area (Å²) in [5, 5.41) is 0.841. The highest BCUT2D eigenvalue weighted by Crippen LogP contribution is 2.30. The molecule has 21 heavy (non-hydrogen) atoms. The van der Waals surface area contributed by atoms with E-state index in [1.54, 1.807) is 0 Å². The summed E-state index contributed by atoms with van der Waals surface area (Å²) in [6.45, 7) is 7.79. The van der Waals surface area contributed by atoms with Crippen LogP contribution in [-0.2, 0) is 6.42 Å². The molecule has 2 N–H and O–H groups in total. The number of halogens is 1. The van der Waals surface area contributed by atoms with Crippen LogP contribution in [0.15, 0.2) is 18.2 Å². The molecular weight excluding hydrogens is 282 g/mol. The number of nitrogens with zero attached hydrogens (tertiary/aromatic N) is 2. The van der Waals surface area contributed by atoms with E-state index in [0.29, 0.717) is 6.04 Å². The fourth-order valence-corrected chi connectivity index (χ4v) is 3.49. The number of anilines is 1. The molecule has 1 aromatic rings. The van der Waals surface area contributed by atoms with Gasteiger partial charge in [-0.25, -0.2) is 0 Å². The highest BCUT2D eigenvalue weighted by Gasteiger charge is 2.23. The van der Waals surface area contributed by atoms with Gasteiger partial charge in [-0.1, -0.05) is 24.6 Å². The molecule has 1 heterocycles. The predicted molar refractivity (Wildman–Crippen MR) is 92.3 cm³/mol. The van der Waals surface area contributed by atoms with Gasteiger partial charge in [0.05, 0.1) is 10.7 Å². The van der Waals surface area contributed by atoms with Crippen molar-refractivity contribution in [3.63, 3.8) is 0 Å². The number of hydrogen-bond donors (Lipinski definition) is 1. The third-order valence-electron chi connectivity index (χ3n) is 4.50. The molecule has 1 saturated heterocycles. The molecule has 0 aliphatic carbocycles. The molecule has 2 rings (SSSR count). The maximum absolute atomic E-state index is 6.49. The highest BCUT2D eigenvalue weighted by molar-refractivity contribution is 6.33. The molecule has 4 heteroatoms. The quantitative estimate of drug-likeness (QED) is 0.907. The van der Waals surface area contributed by atoms with Gasteiger partial charge in [-0.15, -0.1) is 0 Å². The maximum atomic E-state index is 6.49. The first kappa shape index (κ1) is 16.6.